The Balaban J connectivity index is 0.000000461. The van der Waals surface area contributed by atoms with E-state index in [-0.39, 0.29) is 5.82 Å². The molecule has 0 unspecified atom stereocenters. The number of hydrogen-bond donors (Lipinski definition) is 0. The van der Waals surface area contributed by atoms with Crippen molar-refractivity contribution in [3.8, 4) is 0 Å². The first-order valence-electron chi connectivity index (χ1n) is 4.44. The summed E-state index contributed by atoms with van der Waals surface area (Å²) in [6.07, 6.45) is 0.748. The van der Waals surface area contributed by atoms with Crippen LogP contribution in [0.3, 0.4) is 0 Å². The SMILES string of the molecule is CC.O=Cc1csc2c(F)cccc12. The van der Waals surface area contributed by atoms with Gasteiger partial charge < -0.3 is 0 Å². The van der Waals surface area contributed by atoms with E-state index in [0.717, 1.165) is 6.29 Å². The summed E-state index contributed by atoms with van der Waals surface area (Å²) < 4.78 is 13.6. The Morgan fingerprint density at radius 3 is 2.71 bits per heavy atom. The molecule has 0 aliphatic heterocycles. The molecule has 0 saturated carbocycles. The van der Waals surface area contributed by atoms with Crippen molar-refractivity contribution in [1.82, 2.24) is 0 Å². The van der Waals surface area contributed by atoms with Gasteiger partial charge in [-0.25, -0.2) is 4.39 Å². The lowest BCUT2D eigenvalue weighted by Crippen LogP contribution is -1.76. The van der Waals surface area contributed by atoms with Gasteiger partial charge in [0.15, 0.2) is 6.29 Å². The predicted octanol–water partition coefficient (Wildman–Crippen LogP) is 3.88. The third kappa shape index (κ3) is 1.82. The summed E-state index contributed by atoms with van der Waals surface area (Å²) >= 11 is 1.26. The van der Waals surface area contributed by atoms with Gasteiger partial charge in [0.05, 0.1) is 4.70 Å². The van der Waals surface area contributed by atoms with Gasteiger partial charge in [-0.3, -0.25) is 4.79 Å². The van der Waals surface area contributed by atoms with Crippen molar-refractivity contribution in [3.05, 3.63) is 35.0 Å². The van der Waals surface area contributed by atoms with Gasteiger partial charge in [-0.1, -0.05) is 26.0 Å². The fourth-order valence-corrected chi connectivity index (χ4v) is 2.05. The number of rotatable bonds is 1. The number of benzene rings is 1. The zero-order chi connectivity index (χ0) is 10.6. The molecule has 0 saturated heterocycles. The van der Waals surface area contributed by atoms with Crippen LogP contribution in [-0.2, 0) is 0 Å². The van der Waals surface area contributed by atoms with Gasteiger partial charge in [-0.05, 0) is 6.07 Å². The van der Waals surface area contributed by atoms with Crippen LogP contribution in [0.15, 0.2) is 23.6 Å². The van der Waals surface area contributed by atoms with E-state index in [1.165, 1.54) is 17.4 Å². The van der Waals surface area contributed by atoms with Crippen LogP contribution in [0.5, 0.6) is 0 Å². The Kier molecular flexibility index (Phi) is 3.77. The first-order valence-corrected chi connectivity index (χ1v) is 5.32. The third-order valence-electron chi connectivity index (χ3n) is 1.71. The van der Waals surface area contributed by atoms with Crippen molar-refractivity contribution in [1.29, 1.82) is 0 Å². The molecule has 74 valence electrons. The molecule has 0 spiro atoms. The summed E-state index contributed by atoms with van der Waals surface area (Å²) in [5.41, 5.74) is 0.564. The molecule has 1 aromatic carbocycles. The van der Waals surface area contributed by atoms with Crippen molar-refractivity contribution in [2.24, 2.45) is 0 Å². The first kappa shape index (κ1) is 10.9. The van der Waals surface area contributed by atoms with Gasteiger partial charge in [0, 0.05) is 16.3 Å². The molecule has 0 aliphatic carbocycles. The Morgan fingerprint density at radius 1 is 1.36 bits per heavy atom. The second-order valence-electron chi connectivity index (χ2n) is 2.43. The summed E-state index contributed by atoms with van der Waals surface area (Å²) in [7, 11) is 0. The summed E-state index contributed by atoms with van der Waals surface area (Å²) in [6, 6.07) is 4.75. The lowest BCUT2D eigenvalue weighted by atomic mass is 10.2. The van der Waals surface area contributed by atoms with Crippen LogP contribution in [0, 0.1) is 5.82 Å². The van der Waals surface area contributed by atoms with Crippen LogP contribution in [-0.4, -0.2) is 6.29 Å². The van der Waals surface area contributed by atoms with E-state index in [0.29, 0.717) is 15.6 Å². The van der Waals surface area contributed by atoms with Gasteiger partial charge in [0.2, 0.25) is 0 Å². The molecule has 1 aromatic heterocycles. The van der Waals surface area contributed by atoms with Gasteiger partial charge in [-0.2, -0.15) is 0 Å². The molecule has 0 fully saturated rings. The summed E-state index contributed by atoms with van der Waals surface area (Å²) in [4.78, 5) is 10.5. The highest BCUT2D eigenvalue weighted by molar-refractivity contribution is 7.17. The standard InChI is InChI=1S/C9H5FOS.C2H6/c10-8-3-1-2-7-6(4-11)5-12-9(7)8;1-2/h1-5H;1-2H3. The lowest BCUT2D eigenvalue weighted by molar-refractivity contribution is 0.112. The summed E-state index contributed by atoms with van der Waals surface area (Å²) in [6.45, 7) is 4.00. The maximum Gasteiger partial charge on any atom is 0.151 e. The van der Waals surface area contributed by atoms with Crippen molar-refractivity contribution >= 4 is 27.7 Å². The molecule has 0 atom stereocenters. The maximum absolute atomic E-state index is 13.0. The summed E-state index contributed by atoms with van der Waals surface area (Å²) in [5.74, 6) is -0.259. The Bertz CT molecular complexity index is 434. The summed E-state index contributed by atoms with van der Waals surface area (Å²) in [5, 5.41) is 2.37. The lowest BCUT2D eigenvalue weighted by Gasteiger charge is -1.90. The largest absolute Gasteiger partial charge is 0.298 e. The van der Waals surface area contributed by atoms with Crippen LogP contribution in [0.4, 0.5) is 4.39 Å². The minimum Gasteiger partial charge on any atom is -0.298 e. The van der Waals surface area contributed by atoms with E-state index in [9.17, 15) is 9.18 Å². The number of halogens is 1. The van der Waals surface area contributed by atoms with Gasteiger partial charge in [0.1, 0.15) is 5.82 Å². The molecule has 2 aromatic rings. The second kappa shape index (κ2) is 4.86. The molecule has 1 heterocycles. The third-order valence-corrected chi connectivity index (χ3v) is 2.73. The van der Waals surface area contributed by atoms with Crippen LogP contribution in [0.2, 0.25) is 0 Å². The number of thiophene rings is 1. The molecule has 14 heavy (non-hydrogen) atoms. The normalized spacial score (nSPS) is 9.36. The number of hydrogen-bond acceptors (Lipinski definition) is 2. The van der Waals surface area contributed by atoms with Gasteiger partial charge >= 0.3 is 0 Å². The first-order chi connectivity index (χ1) is 6.83. The van der Waals surface area contributed by atoms with Crippen molar-refractivity contribution in [3.63, 3.8) is 0 Å². The zero-order valence-electron chi connectivity index (χ0n) is 8.08. The van der Waals surface area contributed by atoms with Crippen LogP contribution >= 0.6 is 11.3 Å². The van der Waals surface area contributed by atoms with Crippen molar-refractivity contribution < 1.29 is 9.18 Å². The molecule has 1 nitrogen and oxygen atoms in total. The predicted molar refractivity (Wildman–Crippen MR) is 58.5 cm³/mol. The highest BCUT2D eigenvalue weighted by Crippen LogP contribution is 2.26. The molecule has 0 amide bonds. The molecular formula is C11H11FOS. The Morgan fingerprint density at radius 2 is 2.07 bits per heavy atom. The number of fused-ring (bicyclic) bond motifs is 1. The van der Waals surface area contributed by atoms with E-state index in [2.05, 4.69) is 0 Å². The zero-order valence-corrected chi connectivity index (χ0v) is 8.90. The highest BCUT2D eigenvalue weighted by Gasteiger charge is 2.05. The molecule has 3 heteroatoms. The fraction of sp³-hybridized carbons (Fsp3) is 0.182. The monoisotopic (exact) mass is 210 g/mol. The van der Waals surface area contributed by atoms with E-state index in [1.807, 2.05) is 13.8 Å². The Hall–Kier alpha value is -1.22. The van der Waals surface area contributed by atoms with E-state index < -0.39 is 0 Å². The smallest absolute Gasteiger partial charge is 0.151 e. The maximum atomic E-state index is 13.0. The molecule has 0 aliphatic rings. The highest BCUT2D eigenvalue weighted by atomic mass is 32.1. The second-order valence-corrected chi connectivity index (χ2v) is 3.31. The van der Waals surface area contributed by atoms with Crippen molar-refractivity contribution in [2.75, 3.05) is 0 Å². The minimum absolute atomic E-state index is 0.259. The van der Waals surface area contributed by atoms with E-state index >= 15 is 0 Å². The van der Waals surface area contributed by atoms with Crippen LogP contribution in [0.1, 0.15) is 24.2 Å². The average molecular weight is 210 g/mol. The number of carbonyl (C=O) groups excluding carboxylic acids is 1. The van der Waals surface area contributed by atoms with Gasteiger partial charge in [0.25, 0.3) is 0 Å². The average Bonchev–Trinajstić information content (AvgIpc) is 2.65. The Labute approximate surface area is 86.2 Å². The molecule has 0 N–H and O–H groups in total. The number of carbonyl (C=O) groups is 1. The van der Waals surface area contributed by atoms with Gasteiger partial charge in [-0.15, -0.1) is 11.3 Å². The topological polar surface area (TPSA) is 17.1 Å². The van der Waals surface area contributed by atoms with Crippen molar-refractivity contribution in [2.45, 2.75) is 13.8 Å². The molecular weight excluding hydrogens is 199 g/mol. The van der Waals surface area contributed by atoms with Crippen LogP contribution in [0.25, 0.3) is 10.1 Å². The number of aldehydes is 1. The van der Waals surface area contributed by atoms with E-state index in [4.69, 9.17) is 0 Å². The fourth-order valence-electron chi connectivity index (χ4n) is 1.13. The molecule has 0 bridgehead atoms. The van der Waals surface area contributed by atoms with Crippen LogP contribution < -0.4 is 0 Å². The molecule has 2 rings (SSSR count). The quantitative estimate of drug-likeness (QED) is 0.653. The minimum atomic E-state index is -0.259. The van der Waals surface area contributed by atoms with E-state index in [1.54, 1.807) is 17.5 Å². The molecule has 0 radical (unpaired) electrons.